The molecule has 8 nitrogen and oxygen atoms in total. The zero-order chi connectivity index (χ0) is 19.3. The molecule has 1 atom stereocenters. The summed E-state index contributed by atoms with van der Waals surface area (Å²) in [6.45, 7) is 1.40. The predicted molar refractivity (Wildman–Crippen MR) is 97.7 cm³/mol. The van der Waals surface area contributed by atoms with Gasteiger partial charge in [0, 0.05) is 11.9 Å². The summed E-state index contributed by atoms with van der Waals surface area (Å²) in [4.78, 5) is 28.1. The number of aromatic nitrogens is 1. The average Bonchev–Trinajstić information content (AvgIpc) is 2.55. The minimum atomic E-state index is -3.48. The predicted octanol–water partition coefficient (Wildman–Crippen LogP) is 2.29. The van der Waals surface area contributed by atoms with E-state index in [4.69, 9.17) is 16.3 Å². The summed E-state index contributed by atoms with van der Waals surface area (Å²) in [6, 6.07) is 8.88. The van der Waals surface area contributed by atoms with Crippen LogP contribution in [0.5, 0.6) is 0 Å². The summed E-state index contributed by atoms with van der Waals surface area (Å²) in [5, 5.41) is 2.62. The Labute approximate surface area is 155 Å². The first-order valence-electron chi connectivity index (χ1n) is 7.36. The highest BCUT2D eigenvalue weighted by Crippen LogP contribution is 2.18. The number of rotatable bonds is 6. The maximum Gasteiger partial charge on any atom is 0.338 e. The number of halogens is 1. The van der Waals surface area contributed by atoms with Crippen LogP contribution in [0.2, 0.25) is 5.15 Å². The molecule has 0 aliphatic carbocycles. The Morgan fingerprint density at radius 3 is 2.62 bits per heavy atom. The Balaban J connectivity index is 2.03. The average molecular weight is 398 g/mol. The van der Waals surface area contributed by atoms with E-state index in [0.717, 1.165) is 6.26 Å². The monoisotopic (exact) mass is 397 g/mol. The molecule has 26 heavy (non-hydrogen) atoms. The number of ether oxygens (including phenoxy) is 1. The van der Waals surface area contributed by atoms with Crippen molar-refractivity contribution >= 4 is 44.9 Å². The van der Waals surface area contributed by atoms with Crippen LogP contribution in [0.4, 0.5) is 11.4 Å². The van der Waals surface area contributed by atoms with E-state index in [1.807, 2.05) is 0 Å². The first-order chi connectivity index (χ1) is 12.2. The van der Waals surface area contributed by atoms with E-state index in [1.165, 1.54) is 37.4 Å². The van der Waals surface area contributed by atoms with Crippen molar-refractivity contribution < 1.29 is 22.7 Å². The fourth-order valence-electron chi connectivity index (χ4n) is 1.92. The minimum Gasteiger partial charge on any atom is -0.449 e. The molecule has 0 spiro atoms. The van der Waals surface area contributed by atoms with Crippen LogP contribution >= 0.6 is 11.6 Å². The molecule has 0 fully saturated rings. The third-order valence-electron chi connectivity index (χ3n) is 3.07. The van der Waals surface area contributed by atoms with Crippen LogP contribution in [0.1, 0.15) is 17.3 Å². The third kappa shape index (κ3) is 5.71. The minimum absolute atomic E-state index is 0.0951. The van der Waals surface area contributed by atoms with Crippen LogP contribution in [0, 0.1) is 0 Å². The van der Waals surface area contributed by atoms with E-state index in [2.05, 4.69) is 15.0 Å². The van der Waals surface area contributed by atoms with Gasteiger partial charge < -0.3 is 10.1 Å². The van der Waals surface area contributed by atoms with Crippen molar-refractivity contribution in [3.05, 3.63) is 53.3 Å². The number of nitrogens with one attached hydrogen (secondary N) is 2. The van der Waals surface area contributed by atoms with Gasteiger partial charge in [0.1, 0.15) is 0 Å². The second-order valence-electron chi connectivity index (χ2n) is 5.33. The standard InChI is InChI=1S/C16H16ClN3O5S/c1-10(15(21)19-13-7-4-8-18-14(13)17)25-16(22)11-5-3-6-12(9-11)20-26(2,23)24/h3-10,20H,1-2H3,(H,19,21)/t10-/m1/s1. The Kier molecular flexibility index (Phi) is 6.17. The lowest BCUT2D eigenvalue weighted by Crippen LogP contribution is -2.30. The third-order valence-corrected chi connectivity index (χ3v) is 3.98. The summed E-state index contributed by atoms with van der Waals surface area (Å²) in [5.41, 5.74) is 0.598. The molecule has 2 aromatic rings. The lowest BCUT2D eigenvalue weighted by molar-refractivity contribution is -0.123. The molecule has 2 rings (SSSR count). The Bertz CT molecular complexity index is 933. The molecule has 1 heterocycles. The van der Waals surface area contributed by atoms with Gasteiger partial charge in [0.2, 0.25) is 10.0 Å². The highest BCUT2D eigenvalue weighted by Gasteiger charge is 2.20. The van der Waals surface area contributed by atoms with E-state index in [-0.39, 0.29) is 16.4 Å². The molecule has 1 amide bonds. The van der Waals surface area contributed by atoms with Gasteiger partial charge in [-0.3, -0.25) is 9.52 Å². The Morgan fingerprint density at radius 1 is 1.23 bits per heavy atom. The molecule has 2 N–H and O–H groups in total. The van der Waals surface area contributed by atoms with Gasteiger partial charge in [-0.1, -0.05) is 17.7 Å². The molecular weight excluding hydrogens is 382 g/mol. The SMILES string of the molecule is C[C@@H](OC(=O)c1cccc(NS(C)(=O)=O)c1)C(=O)Nc1cccnc1Cl. The molecule has 1 aromatic carbocycles. The van der Waals surface area contributed by atoms with Crippen molar-refractivity contribution in [2.45, 2.75) is 13.0 Å². The first-order valence-corrected chi connectivity index (χ1v) is 9.63. The van der Waals surface area contributed by atoms with Crippen molar-refractivity contribution in [3.63, 3.8) is 0 Å². The summed E-state index contributed by atoms with van der Waals surface area (Å²) < 4.78 is 29.9. The van der Waals surface area contributed by atoms with Crippen LogP contribution in [-0.4, -0.2) is 37.6 Å². The number of hydrogen-bond donors (Lipinski definition) is 2. The smallest absolute Gasteiger partial charge is 0.338 e. The van der Waals surface area contributed by atoms with E-state index in [1.54, 1.807) is 12.1 Å². The maximum atomic E-state index is 12.2. The number of benzene rings is 1. The second kappa shape index (κ2) is 8.15. The van der Waals surface area contributed by atoms with Gasteiger partial charge in [-0.25, -0.2) is 18.2 Å². The lowest BCUT2D eigenvalue weighted by Gasteiger charge is -2.14. The molecule has 138 valence electrons. The number of carbonyl (C=O) groups excluding carboxylic acids is 2. The van der Waals surface area contributed by atoms with Crippen LogP contribution in [0.15, 0.2) is 42.6 Å². The van der Waals surface area contributed by atoms with Crippen LogP contribution < -0.4 is 10.0 Å². The molecule has 0 unspecified atom stereocenters. The molecule has 0 bridgehead atoms. The number of hydrogen-bond acceptors (Lipinski definition) is 6. The summed E-state index contributed by atoms with van der Waals surface area (Å²) in [7, 11) is -3.48. The van der Waals surface area contributed by atoms with Gasteiger partial charge in [0.25, 0.3) is 5.91 Å². The number of sulfonamides is 1. The fourth-order valence-corrected chi connectivity index (χ4v) is 2.64. The van der Waals surface area contributed by atoms with Crippen LogP contribution in [0.25, 0.3) is 0 Å². The van der Waals surface area contributed by atoms with Crippen LogP contribution in [0.3, 0.4) is 0 Å². The Morgan fingerprint density at radius 2 is 1.96 bits per heavy atom. The second-order valence-corrected chi connectivity index (χ2v) is 7.44. The molecule has 0 radical (unpaired) electrons. The van der Waals surface area contributed by atoms with E-state index < -0.39 is 28.0 Å². The highest BCUT2D eigenvalue weighted by atomic mass is 35.5. The molecule has 0 saturated carbocycles. The van der Waals surface area contributed by atoms with Crippen molar-refractivity contribution in [2.24, 2.45) is 0 Å². The Hall–Kier alpha value is -2.65. The number of esters is 1. The normalized spacial score (nSPS) is 12.1. The van der Waals surface area contributed by atoms with Gasteiger partial charge >= 0.3 is 5.97 Å². The summed E-state index contributed by atoms with van der Waals surface area (Å²) in [5.74, 6) is -1.36. The number of carbonyl (C=O) groups is 2. The number of amides is 1. The lowest BCUT2D eigenvalue weighted by atomic mass is 10.2. The summed E-state index contributed by atoms with van der Waals surface area (Å²) >= 11 is 5.86. The quantitative estimate of drug-likeness (QED) is 0.571. The van der Waals surface area contributed by atoms with Gasteiger partial charge in [-0.2, -0.15) is 0 Å². The molecule has 0 aliphatic heterocycles. The van der Waals surface area contributed by atoms with E-state index in [0.29, 0.717) is 5.69 Å². The number of pyridine rings is 1. The van der Waals surface area contributed by atoms with Crippen LogP contribution in [-0.2, 0) is 19.6 Å². The van der Waals surface area contributed by atoms with Gasteiger partial charge in [0.05, 0.1) is 17.5 Å². The van der Waals surface area contributed by atoms with Gasteiger partial charge in [-0.15, -0.1) is 0 Å². The number of nitrogens with zero attached hydrogens (tertiary/aromatic N) is 1. The first kappa shape index (κ1) is 19.7. The van der Waals surface area contributed by atoms with Gasteiger partial charge in [0.15, 0.2) is 11.3 Å². The topological polar surface area (TPSA) is 114 Å². The number of anilines is 2. The summed E-state index contributed by atoms with van der Waals surface area (Å²) in [6.07, 6.45) is 1.36. The van der Waals surface area contributed by atoms with Crippen molar-refractivity contribution in [1.29, 1.82) is 0 Å². The highest BCUT2D eigenvalue weighted by molar-refractivity contribution is 7.92. The largest absolute Gasteiger partial charge is 0.449 e. The molecule has 1 aromatic heterocycles. The van der Waals surface area contributed by atoms with Crippen molar-refractivity contribution in [3.8, 4) is 0 Å². The van der Waals surface area contributed by atoms with Crippen molar-refractivity contribution in [1.82, 2.24) is 4.98 Å². The molecule has 0 aliphatic rings. The van der Waals surface area contributed by atoms with E-state index in [9.17, 15) is 18.0 Å². The van der Waals surface area contributed by atoms with E-state index >= 15 is 0 Å². The zero-order valence-corrected chi connectivity index (χ0v) is 15.5. The zero-order valence-electron chi connectivity index (χ0n) is 13.9. The molecular formula is C16H16ClN3O5S. The van der Waals surface area contributed by atoms with Gasteiger partial charge in [-0.05, 0) is 37.3 Å². The maximum absolute atomic E-state index is 12.2. The molecule has 0 saturated heterocycles. The van der Waals surface area contributed by atoms with Crippen molar-refractivity contribution in [2.75, 3.05) is 16.3 Å². The molecule has 10 heteroatoms. The fraction of sp³-hybridized carbons (Fsp3) is 0.188.